The highest BCUT2D eigenvalue weighted by molar-refractivity contribution is 5.94. The molecule has 1 fully saturated rings. The predicted molar refractivity (Wildman–Crippen MR) is 63.5 cm³/mol. The van der Waals surface area contributed by atoms with Gasteiger partial charge in [0.15, 0.2) is 0 Å². The molecule has 1 atom stereocenters. The minimum Gasteiger partial charge on any atom is -0.472 e. The molecule has 1 aromatic heterocycles. The van der Waals surface area contributed by atoms with E-state index in [0.29, 0.717) is 24.7 Å². The summed E-state index contributed by atoms with van der Waals surface area (Å²) < 4.78 is 10.8. The van der Waals surface area contributed by atoms with Crippen LogP contribution >= 0.6 is 0 Å². The first-order chi connectivity index (χ1) is 8.79. The van der Waals surface area contributed by atoms with Gasteiger partial charge in [0.05, 0.1) is 19.8 Å². The summed E-state index contributed by atoms with van der Waals surface area (Å²) in [6.45, 7) is 1.40. The van der Waals surface area contributed by atoms with Crippen LogP contribution < -0.4 is 10.1 Å². The van der Waals surface area contributed by atoms with Crippen LogP contribution in [0.3, 0.4) is 0 Å². The molecule has 0 bridgehead atoms. The Morgan fingerprint density at radius 1 is 1.67 bits per heavy atom. The fourth-order valence-electron chi connectivity index (χ4n) is 1.66. The normalized spacial score (nSPS) is 18.6. The van der Waals surface area contributed by atoms with Gasteiger partial charge in [-0.05, 0) is 6.07 Å². The molecule has 0 saturated carbocycles. The maximum absolute atomic E-state index is 11.7. The topological polar surface area (TPSA) is 80.7 Å². The summed E-state index contributed by atoms with van der Waals surface area (Å²) in [5.74, 6) is 0.168. The summed E-state index contributed by atoms with van der Waals surface area (Å²) in [5.41, 5.74) is 0.465. The number of rotatable bonds is 5. The van der Waals surface area contributed by atoms with Crippen molar-refractivity contribution in [1.29, 1.82) is 0 Å². The summed E-state index contributed by atoms with van der Waals surface area (Å²) in [7, 11) is 0. The van der Waals surface area contributed by atoms with Crippen molar-refractivity contribution < 1.29 is 19.4 Å². The molecule has 6 heteroatoms. The molecule has 1 aliphatic rings. The van der Waals surface area contributed by atoms with Crippen LogP contribution in [-0.4, -0.2) is 48.5 Å². The first-order valence-electron chi connectivity index (χ1n) is 5.89. The Bertz CT molecular complexity index is 405. The first kappa shape index (κ1) is 12.8. The lowest BCUT2D eigenvalue weighted by Gasteiger charge is -2.11. The number of ether oxygens (including phenoxy) is 2. The van der Waals surface area contributed by atoms with Gasteiger partial charge in [-0.1, -0.05) is 0 Å². The third kappa shape index (κ3) is 3.41. The average Bonchev–Trinajstić information content (AvgIpc) is 2.89. The van der Waals surface area contributed by atoms with Crippen molar-refractivity contribution in [2.75, 3.05) is 26.4 Å². The zero-order valence-corrected chi connectivity index (χ0v) is 9.96. The van der Waals surface area contributed by atoms with Gasteiger partial charge in [0.25, 0.3) is 5.91 Å². The van der Waals surface area contributed by atoms with E-state index >= 15 is 0 Å². The lowest BCUT2D eigenvalue weighted by molar-refractivity contribution is 0.0943. The van der Waals surface area contributed by atoms with Crippen molar-refractivity contribution in [2.24, 2.45) is 0 Å². The number of aliphatic hydroxyl groups excluding tert-OH is 1. The Balaban J connectivity index is 1.97. The summed E-state index contributed by atoms with van der Waals surface area (Å²) in [6, 6.07) is 3.19. The average molecular weight is 252 g/mol. The molecular weight excluding hydrogens is 236 g/mol. The van der Waals surface area contributed by atoms with Gasteiger partial charge in [0, 0.05) is 30.8 Å². The number of pyridine rings is 1. The number of nitrogens with zero attached hydrogens (tertiary/aromatic N) is 1. The summed E-state index contributed by atoms with van der Waals surface area (Å²) in [6.07, 6.45) is 2.37. The molecule has 1 saturated heterocycles. The highest BCUT2D eigenvalue weighted by Gasteiger charge is 2.18. The van der Waals surface area contributed by atoms with Gasteiger partial charge < -0.3 is 19.9 Å². The van der Waals surface area contributed by atoms with Gasteiger partial charge in [-0.25, -0.2) is 4.98 Å². The molecule has 1 aliphatic heterocycles. The third-order valence-electron chi connectivity index (χ3n) is 2.57. The molecular formula is C12H16N2O4. The second-order valence-corrected chi connectivity index (χ2v) is 3.97. The monoisotopic (exact) mass is 252 g/mol. The van der Waals surface area contributed by atoms with Crippen LogP contribution in [0.2, 0.25) is 0 Å². The number of carbonyl (C=O) groups excluding carboxylic acids is 1. The maximum atomic E-state index is 11.7. The fourth-order valence-corrected chi connectivity index (χ4v) is 1.66. The standard InChI is InChI=1S/C12H16N2O4/c15-5-4-14-12(16)9-1-3-13-11(7-9)18-10-2-6-17-8-10/h1,3,7,10,15H,2,4-6,8H2,(H,14,16)/t10-/m0/s1. The number of aromatic nitrogens is 1. The molecule has 0 aliphatic carbocycles. The molecule has 2 rings (SSSR count). The van der Waals surface area contributed by atoms with E-state index in [-0.39, 0.29) is 25.2 Å². The van der Waals surface area contributed by atoms with E-state index in [0.717, 1.165) is 6.42 Å². The maximum Gasteiger partial charge on any atom is 0.251 e. The molecule has 2 heterocycles. The van der Waals surface area contributed by atoms with Crippen LogP contribution in [0.5, 0.6) is 5.88 Å². The van der Waals surface area contributed by atoms with Gasteiger partial charge >= 0.3 is 0 Å². The van der Waals surface area contributed by atoms with Crippen molar-refractivity contribution in [2.45, 2.75) is 12.5 Å². The van der Waals surface area contributed by atoms with E-state index in [1.165, 1.54) is 6.20 Å². The van der Waals surface area contributed by atoms with Gasteiger partial charge in [0.1, 0.15) is 6.10 Å². The molecule has 0 unspecified atom stereocenters. The number of hydrogen-bond acceptors (Lipinski definition) is 5. The van der Waals surface area contributed by atoms with Crippen LogP contribution in [0.15, 0.2) is 18.3 Å². The van der Waals surface area contributed by atoms with E-state index in [2.05, 4.69) is 10.3 Å². The number of amides is 1. The lowest BCUT2D eigenvalue weighted by Crippen LogP contribution is -2.26. The van der Waals surface area contributed by atoms with Crippen molar-refractivity contribution in [3.8, 4) is 5.88 Å². The molecule has 0 radical (unpaired) electrons. The highest BCUT2D eigenvalue weighted by atomic mass is 16.5. The minimum atomic E-state index is -0.251. The van der Waals surface area contributed by atoms with E-state index in [4.69, 9.17) is 14.6 Å². The van der Waals surface area contributed by atoms with E-state index in [1.807, 2.05) is 0 Å². The molecule has 1 aromatic rings. The predicted octanol–water partition coefficient (Wildman–Crippen LogP) is -0.0286. The van der Waals surface area contributed by atoms with Crippen molar-refractivity contribution in [1.82, 2.24) is 10.3 Å². The molecule has 0 spiro atoms. The Labute approximate surface area is 105 Å². The zero-order chi connectivity index (χ0) is 12.8. The summed E-state index contributed by atoms with van der Waals surface area (Å²) in [5, 5.41) is 11.2. The molecule has 6 nitrogen and oxygen atoms in total. The zero-order valence-electron chi connectivity index (χ0n) is 9.96. The van der Waals surface area contributed by atoms with Crippen molar-refractivity contribution in [3.05, 3.63) is 23.9 Å². The van der Waals surface area contributed by atoms with Gasteiger partial charge in [-0.2, -0.15) is 0 Å². The second kappa shape index (κ2) is 6.32. The van der Waals surface area contributed by atoms with Crippen LogP contribution in [0.25, 0.3) is 0 Å². The quantitative estimate of drug-likeness (QED) is 0.769. The van der Waals surface area contributed by atoms with Gasteiger partial charge in [-0.15, -0.1) is 0 Å². The molecule has 18 heavy (non-hydrogen) atoms. The summed E-state index contributed by atoms with van der Waals surface area (Å²) in [4.78, 5) is 15.7. The minimum absolute atomic E-state index is 0.00764. The van der Waals surface area contributed by atoms with Crippen LogP contribution in [-0.2, 0) is 4.74 Å². The number of nitrogens with one attached hydrogen (secondary N) is 1. The van der Waals surface area contributed by atoms with Crippen molar-refractivity contribution >= 4 is 5.91 Å². The first-order valence-corrected chi connectivity index (χ1v) is 5.89. The largest absolute Gasteiger partial charge is 0.472 e. The third-order valence-corrected chi connectivity index (χ3v) is 2.57. The van der Waals surface area contributed by atoms with E-state index in [1.54, 1.807) is 12.1 Å². The Kier molecular flexibility index (Phi) is 4.49. The Morgan fingerprint density at radius 3 is 3.28 bits per heavy atom. The number of carbonyl (C=O) groups is 1. The lowest BCUT2D eigenvalue weighted by atomic mass is 10.2. The van der Waals surface area contributed by atoms with E-state index < -0.39 is 0 Å². The second-order valence-electron chi connectivity index (χ2n) is 3.97. The number of hydrogen-bond donors (Lipinski definition) is 2. The van der Waals surface area contributed by atoms with Crippen molar-refractivity contribution in [3.63, 3.8) is 0 Å². The van der Waals surface area contributed by atoms with E-state index in [9.17, 15) is 4.79 Å². The van der Waals surface area contributed by atoms with Crippen LogP contribution in [0.1, 0.15) is 16.8 Å². The molecule has 1 amide bonds. The van der Waals surface area contributed by atoms with Gasteiger partial charge in [-0.3, -0.25) is 4.79 Å². The summed E-state index contributed by atoms with van der Waals surface area (Å²) >= 11 is 0. The molecule has 2 N–H and O–H groups in total. The molecule has 98 valence electrons. The SMILES string of the molecule is O=C(NCCO)c1ccnc(O[C@H]2CCOC2)c1. The fraction of sp³-hybridized carbons (Fsp3) is 0.500. The van der Waals surface area contributed by atoms with Gasteiger partial charge in [0.2, 0.25) is 5.88 Å². The number of aliphatic hydroxyl groups is 1. The van der Waals surface area contributed by atoms with Crippen LogP contribution in [0, 0.1) is 0 Å². The smallest absolute Gasteiger partial charge is 0.251 e. The highest BCUT2D eigenvalue weighted by Crippen LogP contribution is 2.15. The Morgan fingerprint density at radius 2 is 2.56 bits per heavy atom. The Hall–Kier alpha value is -1.66. The molecule has 0 aromatic carbocycles. The van der Waals surface area contributed by atoms with Crippen LogP contribution in [0.4, 0.5) is 0 Å².